The zero-order chi connectivity index (χ0) is 8.27. The van der Waals surface area contributed by atoms with Crippen molar-refractivity contribution < 1.29 is 0 Å². The van der Waals surface area contributed by atoms with Gasteiger partial charge in [-0.2, -0.15) is 0 Å². The molecule has 0 aromatic carbocycles. The molecule has 3 heteroatoms. The van der Waals surface area contributed by atoms with Crippen LogP contribution in [0.25, 0.3) is 0 Å². The second-order valence-corrected chi connectivity index (χ2v) is 3.72. The van der Waals surface area contributed by atoms with Crippen LogP contribution in [0.4, 0.5) is 0 Å². The molecule has 0 N–H and O–H groups in total. The standard InChI is InChI=1S/C8H9Br2N/c1-2-8-6(4-9)3-7(10)5-11-8/h3,5H,2,4H2,1H3. The average Bonchev–Trinajstić information content (AvgIpc) is 2.04. The molecule has 1 aromatic rings. The van der Waals surface area contributed by atoms with Crippen LogP contribution in [0.15, 0.2) is 16.7 Å². The first-order valence-corrected chi connectivity index (χ1v) is 5.38. The summed E-state index contributed by atoms with van der Waals surface area (Å²) in [6.07, 6.45) is 2.83. The van der Waals surface area contributed by atoms with E-state index in [-0.39, 0.29) is 0 Å². The van der Waals surface area contributed by atoms with E-state index >= 15 is 0 Å². The Hall–Kier alpha value is 0.110. The van der Waals surface area contributed by atoms with Gasteiger partial charge < -0.3 is 0 Å². The first-order chi connectivity index (χ1) is 5.27. The third kappa shape index (κ3) is 2.27. The van der Waals surface area contributed by atoms with Gasteiger partial charge in [-0.1, -0.05) is 22.9 Å². The van der Waals surface area contributed by atoms with E-state index in [9.17, 15) is 0 Å². The molecule has 60 valence electrons. The first kappa shape index (κ1) is 9.20. The van der Waals surface area contributed by atoms with E-state index in [0.717, 1.165) is 16.2 Å². The molecule has 0 aliphatic heterocycles. The van der Waals surface area contributed by atoms with E-state index < -0.39 is 0 Å². The highest BCUT2D eigenvalue weighted by Crippen LogP contribution is 2.16. The zero-order valence-electron chi connectivity index (χ0n) is 6.27. The van der Waals surface area contributed by atoms with E-state index in [1.165, 1.54) is 11.3 Å². The van der Waals surface area contributed by atoms with Crippen molar-refractivity contribution in [3.8, 4) is 0 Å². The average molecular weight is 279 g/mol. The maximum absolute atomic E-state index is 4.29. The minimum Gasteiger partial charge on any atom is -0.260 e. The highest BCUT2D eigenvalue weighted by Gasteiger charge is 2.00. The molecule has 0 bridgehead atoms. The Kier molecular flexibility index (Phi) is 3.52. The Morgan fingerprint density at radius 1 is 1.55 bits per heavy atom. The third-order valence-corrected chi connectivity index (χ3v) is 2.54. The molecule has 0 aliphatic rings. The molecule has 0 spiro atoms. The lowest BCUT2D eigenvalue weighted by Crippen LogP contribution is -1.93. The Morgan fingerprint density at radius 2 is 2.27 bits per heavy atom. The molecule has 0 atom stereocenters. The summed E-state index contributed by atoms with van der Waals surface area (Å²) in [6.45, 7) is 2.11. The van der Waals surface area contributed by atoms with Crippen LogP contribution in [0.5, 0.6) is 0 Å². The van der Waals surface area contributed by atoms with Gasteiger partial charge in [-0.25, -0.2) is 0 Å². The largest absolute Gasteiger partial charge is 0.260 e. The second-order valence-electron chi connectivity index (χ2n) is 2.25. The monoisotopic (exact) mass is 277 g/mol. The molecule has 0 unspecified atom stereocenters. The first-order valence-electron chi connectivity index (χ1n) is 3.47. The molecule has 1 rings (SSSR count). The second kappa shape index (κ2) is 4.21. The molecule has 0 radical (unpaired) electrons. The van der Waals surface area contributed by atoms with Crippen molar-refractivity contribution in [3.05, 3.63) is 28.0 Å². The number of nitrogens with zero attached hydrogens (tertiary/aromatic N) is 1. The molecule has 11 heavy (non-hydrogen) atoms. The fourth-order valence-electron chi connectivity index (χ4n) is 0.944. The van der Waals surface area contributed by atoms with Crippen molar-refractivity contribution in [2.75, 3.05) is 0 Å². The smallest absolute Gasteiger partial charge is 0.0442 e. The lowest BCUT2D eigenvalue weighted by Gasteiger charge is -2.02. The van der Waals surface area contributed by atoms with Crippen molar-refractivity contribution in [3.63, 3.8) is 0 Å². The van der Waals surface area contributed by atoms with Gasteiger partial charge in [0.2, 0.25) is 0 Å². The third-order valence-electron chi connectivity index (χ3n) is 1.51. The van der Waals surface area contributed by atoms with E-state index in [1.54, 1.807) is 0 Å². The number of hydrogen-bond acceptors (Lipinski definition) is 1. The van der Waals surface area contributed by atoms with Gasteiger partial charge in [0.05, 0.1) is 0 Å². The highest BCUT2D eigenvalue weighted by molar-refractivity contribution is 9.10. The van der Waals surface area contributed by atoms with Gasteiger partial charge in [-0.05, 0) is 34.0 Å². The van der Waals surface area contributed by atoms with Crippen molar-refractivity contribution in [2.24, 2.45) is 0 Å². The fraction of sp³-hybridized carbons (Fsp3) is 0.375. The summed E-state index contributed by atoms with van der Waals surface area (Å²) in [5.41, 5.74) is 2.44. The molecule has 0 fully saturated rings. The summed E-state index contributed by atoms with van der Waals surface area (Å²) in [7, 11) is 0. The Morgan fingerprint density at radius 3 is 2.82 bits per heavy atom. The topological polar surface area (TPSA) is 12.9 Å². The Balaban J connectivity index is 3.06. The Labute approximate surface area is 83.5 Å². The van der Waals surface area contributed by atoms with Crippen molar-refractivity contribution in [2.45, 2.75) is 18.7 Å². The summed E-state index contributed by atoms with van der Waals surface area (Å²) in [6, 6.07) is 2.10. The summed E-state index contributed by atoms with van der Waals surface area (Å²) in [5, 5.41) is 0.878. The van der Waals surface area contributed by atoms with Gasteiger partial charge in [-0.15, -0.1) is 0 Å². The SMILES string of the molecule is CCc1ncc(Br)cc1CBr. The van der Waals surface area contributed by atoms with Crippen LogP contribution in [-0.2, 0) is 11.8 Å². The number of halogens is 2. The zero-order valence-corrected chi connectivity index (χ0v) is 9.44. The van der Waals surface area contributed by atoms with Crippen molar-refractivity contribution in [1.82, 2.24) is 4.98 Å². The van der Waals surface area contributed by atoms with Crippen LogP contribution < -0.4 is 0 Å². The number of rotatable bonds is 2. The van der Waals surface area contributed by atoms with Crippen molar-refractivity contribution in [1.29, 1.82) is 0 Å². The van der Waals surface area contributed by atoms with E-state index in [4.69, 9.17) is 0 Å². The summed E-state index contributed by atoms with van der Waals surface area (Å²) in [5.74, 6) is 0. The van der Waals surface area contributed by atoms with Crippen LogP contribution >= 0.6 is 31.9 Å². The molecule has 1 heterocycles. The van der Waals surface area contributed by atoms with Gasteiger partial charge in [0.25, 0.3) is 0 Å². The van der Waals surface area contributed by atoms with Gasteiger partial charge in [-0.3, -0.25) is 4.98 Å². The van der Waals surface area contributed by atoms with E-state index in [0.29, 0.717) is 0 Å². The van der Waals surface area contributed by atoms with Gasteiger partial charge in [0, 0.05) is 21.7 Å². The van der Waals surface area contributed by atoms with Gasteiger partial charge >= 0.3 is 0 Å². The van der Waals surface area contributed by atoms with E-state index in [2.05, 4.69) is 49.8 Å². The molecule has 0 amide bonds. The highest BCUT2D eigenvalue weighted by atomic mass is 79.9. The maximum Gasteiger partial charge on any atom is 0.0442 e. The molecule has 0 saturated heterocycles. The van der Waals surface area contributed by atoms with Crippen LogP contribution in [0, 0.1) is 0 Å². The summed E-state index contributed by atoms with van der Waals surface area (Å²) >= 11 is 6.81. The lowest BCUT2D eigenvalue weighted by molar-refractivity contribution is 1.00. The Bertz CT molecular complexity index is 248. The maximum atomic E-state index is 4.29. The number of alkyl halides is 1. The molecule has 1 aromatic heterocycles. The van der Waals surface area contributed by atoms with Gasteiger partial charge in [0.1, 0.15) is 0 Å². The van der Waals surface area contributed by atoms with Crippen LogP contribution in [-0.4, -0.2) is 4.98 Å². The quantitative estimate of drug-likeness (QED) is 0.757. The fourth-order valence-corrected chi connectivity index (χ4v) is 1.81. The van der Waals surface area contributed by atoms with Crippen LogP contribution in [0.1, 0.15) is 18.2 Å². The minimum absolute atomic E-state index is 0.878. The summed E-state index contributed by atoms with van der Waals surface area (Å²) < 4.78 is 1.05. The van der Waals surface area contributed by atoms with Crippen LogP contribution in [0.2, 0.25) is 0 Å². The lowest BCUT2D eigenvalue weighted by atomic mass is 10.2. The number of aromatic nitrogens is 1. The minimum atomic E-state index is 0.878. The normalized spacial score (nSPS) is 10.1. The molecular weight excluding hydrogens is 270 g/mol. The number of aryl methyl sites for hydroxylation is 1. The van der Waals surface area contributed by atoms with E-state index in [1.807, 2.05) is 6.20 Å². The number of pyridine rings is 1. The molecular formula is C8H9Br2N. The number of hydrogen-bond donors (Lipinski definition) is 0. The van der Waals surface area contributed by atoms with Crippen molar-refractivity contribution >= 4 is 31.9 Å². The molecule has 1 nitrogen and oxygen atoms in total. The van der Waals surface area contributed by atoms with Gasteiger partial charge in [0.15, 0.2) is 0 Å². The predicted octanol–water partition coefficient (Wildman–Crippen LogP) is 3.30. The summed E-state index contributed by atoms with van der Waals surface area (Å²) in [4.78, 5) is 4.29. The van der Waals surface area contributed by atoms with Crippen LogP contribution in [0.3, 0.4) is 0 Å². The predicted molar refractivity (Wildman–Crippen MR) is 53.9 cm³/mol. The molecule has 0 aliphatic carbocycles. The molecule has 0 saturated carbocycles.